The first kappa shape index (κ1) is 21.0. The number of benzene rings is 1. The summed E-state index contributed by atoms with van der Waals surface area (Å²) in [4.78, 5) is 28.5. The van der Waals surface area contributed by atoms with Crippen LogP contribution in [0.15, 0.2) is 54.9 Å². The summed E-state index contributed by atoms with van der Waals surface area (Å²) in [5.41, 5.74) is 4.35. The topological polar surface area (TPSA) is 71.0 Å². The van der Waals surface area contributed by atoms with Gasteiger partial charge in [-0.25, -0.2) is 9.97 Å². The molecule has 0 atom stereocenters. The van der Waals surface area contributed by atoms with Crippen LogP contribution in [0.25, 0.3) is 11.4 Å². The van der Waals surface area contributed by atoms with Crippen molar-refractivity contribution >= 4 is 11.7 Å². The molecule has 6 heteroatoms. The summed E-state index contributed by atoms with van der Waals surface area (Å²) in [5, 5.41) is 3.10. The third-order valence-corrected chi connectivity index (χ3v) is 5.84. The normalized spacial score (nSPS) is 14.5. The second-order valence-electron chi connectivity index (χ2n) is 8.10. The molecule has 3 heterocycles. The second-order valence-corrected chi connectivity index (χ2v) is 8.10. The average Bonchev–Trinajstić information content (AvgIpc) is 2.84. The predicted molar refractivity (Wildman–Crippen MR) is 123 cm³/mol. The Labute approximate surface area is 183 Å². The number of nitrogens with zero attached hydrogens (tertiary/aromatic N) is 4. The molecule has 0 bridgehead atoms. The number of carbonyl (C=O) groups excluding carboxylic acids is 1. The van der Waals surface area contributed by atoms with Crippen LogP contribution < -0.4 is 10.2 Å². The molecule has 160 valence electrons. The van der Waals surface area contributed by atoms with Gasteiger partial charge in [-0.15, -0.1) is 0 Å². The summed E-state index contributed by atoms with van der Waals surface area (Å²) in [5.74, 6) is 1.87. The van der Waals surface area contributed by atoms with Crippen molar-refractivity contribution in [1.29, 1.82) is 0 Å². The van der Waals surface area contributed by atoms with Crippen molar-refractivity contribution in [3.8, 4) is 11.4 Å². The van der Waals surface area contributed by atoms with Gasteiger partial charge in [0, 0.05) is 55.3 Å². The Bertz CT molecular complexity index is 1010. The largest absolute Gasteiger partial charge is 0.356 e. The van der Waals surface area contributed by atoms with Crippen molar-refractivity contribution in [3.05, 3.63) is 71.7 Å². The fourth-order valence-corrected chi connectivity index (χ4v) is 3.87. The molecule has 0 radical (unpaired) electrons. The minimum Gasteiger partial charge on any atom is -0.356 e. The van der Waals surface area contributed by atoms with Crippen LogP contribution in [0.1, 0.15) is 36.6 Å². The van der Waals surface area contributed by atoms with Crippen molar-refractivity contribution < 1.29 is 4.79 Å². The van der Waals surface area contributed by atoms with E-state index < -0.39 is 0 Å². The number of hydrogen-bond acceptors (Lipinski definition) is 5. The molecule has 1 aliphatic rings. The van der Waals surface area contributed by atoms with Crippen molar-refractivity contribution in [2.45, 2.75) is 39.7 Å². The summed E-state index contributed by atoms with van der Waals surface area (Å²) in [7, 11) is 0. The smallest absolute Gasteiger partial charge is 0.223 e. The molecular formula is C25H29N5O. The zero-order chi connectivity index (χ0) is 21.6. The van der Waals surface area contributed by atoms with Gasteiger partial charge in [0.25, 0.3) is 0 Å². The Morgan fingerprint density at radius 3 is 2.45 bits per heavy atom. The fourth-order valence-electron chi connectivity index (χ4n) is 3.87. The first-order valence-electron chi connectivity index (χ1n) is 11.0. The van der Waals surface area contributed by atoms with E-state index in [0.29, 0.717) is 6.54 Å². The quantitative estimate of drug-likeness (QED) is 0.660. The third-order valence-electron chi connectivity index (χ3n) is 5.84. The number of aromatic nitrogens is 3. The number of aryl methyl sites for hydroxylation is 2. The molecular weight excluding hydrogens is 386 g/mol. The van der Waals surface area contributed by atoms with Crippen LogP contribution in [0.5, 0.6) is 0 Å². The van der Waals surface area contributed by atoms with E-state index in [2.05, 4.69) is 64.4 Å². The molecule has 1 fully saturated rings. The molecule has 31 heavy (non-hydrogen) atoms. The van der Waals surface area contributed by atoms with Gasteiger partial charge in [0.2, 0.25) is 5.91 Å². The van der Waals surface area contributed by atoms with Gasteiger partial charge in [0.15, 0.2) is 5.82 Å². The lowest BCUT2D eigenvalue weighted by molar-refractivity contribution is -0.125. The monoisotopic (exact) mass is 415 g/mol. The minimum atomic E-state index is 0.0499. The summed E-state index contributed by atoms with van der Waals surface area (Å²) in [6.45, 7) is 6.39. The van der Waals surface area contributed by atoms with Crippen LogP contribution in [0.2, 0.25) is 0 Å². The average molecular weight is 416 g/mol. The van der Waals surface area contributed by atoms with E-state index in [1.165, 1.54) is 5.56 Å². The Morgan fingerprint density at radius 2 is 1.77 bits per heavy atom. The maximum atomic E-state index is 12.7. The highest BCUT2D eigenvalue weighted by Crippen LogP contribution is 2.25. The lowest BCUT2D eigenvalue weighted by Gasteiger charge is -2.32. The number of carbonyl (C=O) groups is 1. The van der Waals surface area contributed by atoms with E-state index in [1.54, 1.807) is 12.4 Å². The fraction of sp³-hybridized carbons (Fsp3) is 0.360. The molecule has 1 amide bonds. The lowest BCUT2D eigenvalue weighted by atomic mass is 9.95. The second kappa shape index (κ2) is 9.69. The minimum absolute atomic E-state index is 0.0499. The van der Waals surface area contributed by atoms with Gasteiger partial charge in [-0.3, -0.25) is 9.78 Å². The molecule has 2 aromatic heterocycles. The van der Waals surface area contributed by atoms with Gasteiger partial charge in [0.1, 0.15) is 5.82 Å². The molecule has 0 saturated carbocycles. The van der Waals surface area contributed by atoms with E-state index in [1.807, 2.05) is 12.1 Å². The van der Waals surface area contributed by atoms with E-state index in [4.69, 9.17) is 4.98 Å². The van der Waals surface area contributed by atoms with Crippen LogP contribution in [-0.2, 0) is 17.8 Å². The first-order valence-corrected chi connectivity index (χ1v) is 11.0. The molecule has 4 rings (SSSR count). The van der Waals surface area contributed by atoms with Crippen LogP contribution in [0.4, 0.5) is 5.82 Å². The maximum Gasteiger partial charge on any atom is 0.223 e. The number of nitrogens with one attached hydrogen (secondary N) is 1. The lowest BCUT2D eigenvalue weighted by Crippen LogP contribution is -2.40. The predicted octanol–water partition coefficient (Wildman–Crippen LogP) is 3.94. The Morgan fingerprint density at radius 1 is 1.06 bits per heavy atom. The van der Waals surface area contributed by atoms with Gasteiger partial charge in [-0.05, 0) is 43.9 Å². The Kier molecular flexibility index (Phi) is 6.55. The highest BCUT2D eigenvalue weighted by Gasteiger charge is 2.26. The molecule has 0 spiro atoms. The number of pyridine rings is 1. The third kappa shape index (κ3) is 5.26. The Balaban J connectivity index is 1.38. The SMILES string of the molecule is CCc1cc(N2CCC(C(=O)NCc3ccc(C)cc3)CC2)nc(-c2ccncc2)n1. The molecule has 6 nitrogen and oxygen atoms in total. The summed E-state index contributed by atoms with van der Waals surface area (Å²) >= 11 is 0. The van der Waals surface area contributed by atoms with Gasteiger partial charge in [-0.2, -0.15) is 0 Å². The molecule has 0 aliphatic carbocycles. The summed E-state index contributed by atoms with van der Waals surface area (Å²) in [6, 6.07) is 14.2. The van der Waals surface area contributed by atoms with Crippen molar-refractivity contribution in [3.63, 3.8) is 0 Å². The van der Waals surface area contributed by atoms with Crippen LogP contribution in [-0.4, -0.2) is 33.9 Å². The van der Waals surface area contributed by atoms with E-state index in [0.717, 1.165) is 60.8 Å². The van der Waals surface area contributed by atoms with Gasteiger partial charge in [-0.1, -0.05) is 36.8 Å². The van der Waals surface area contributed by atoms with E-state index in [-0.39, 0.29) is 11.8 Å². The highest BCUT2D eigenvalue weighted by molar-refractivity contribution is 5.79. The number of hydrogen-bond donors (Lipinski definition) is 1. The molecule has 1 aliphatic heterocycles. The molecule has 0 unspecified atom stereocenters. The molecule has 3 aromatic rings. The standard InChI is InChI=1S/C25H29N5O/c1-3-22-16-23(29-24(28-22)20-8-12-26-13-9-20)30-14-10-21(11-15-30)25(31)27-17-19-6-4-18(2)5-7-19/h4-9,12-13,16,21H,3,10-11,14-15,17H2,1-2H3,(H,27,31). The van der Waals surface area contributed by atoms with Crippen molar-refractivity contribution in [2.75, 3.05) is 18.0 Å². The summed E-state index contributed by atoms with van der Waals surface area (Å²) in [6.07, 6.45) is 6.03. The van der Waals surface area contributed by atoms with Crippen molar-refractivity contribution in [1.82, 2.24) is 20.3 Å². The van der Waals surface area contributed by atoms with Gasteiger partial charge >= 0.3 is 0 Å². The maximum absolute atomic E-state index is 12.7. The van der Waals surface area contributed by atoms with Gasteiger partial charge in [0.05, 0.1) is 0 Å². The van der Waals surface area contributed by atoms with Crippen LogP contribution in [0, 0.1) is 12.8 Å². The van der Waals surface area contributed by atoms with Crippen molar-refractivity contribution in [2.24, 2.45) is 5.92 Å². The zero-order valence-corrected chi connectivity index (χ0v) is 18.2. The Hall–Kier alpha value is -3.28. The molecule has 1 N–H and O–H groups in total. The van der Waals surface area contributed by atoms with Crippen LogP contribution in [0.3, 0.4) is 0 Å². The summed E-state index contributed by atoms with van der Waals surface area (Å²) < 4.78 is 0. The number of anilines is 1. The molecule has 1 aromatic carbocycles. The molecule has 1 saturated heterocycles. The van der Waals surface area contributed by atoms with Gasteiger partial charge < -0.3 is 10.2 Å². The van der Waals surface area contributed by atoms with Crippen LogP contribution >= 0.6 is 0 Å². The number of amides is 1. The highest BCUT2D eigenvalue weighted by atomic mass is 16.1. The number of piperidine rings is 1. The zero-order valence-electron chi connectivity index (χ0n) is 18.2. The van der Waals surface area contributed by atoms with E-state index in [9.17, 15) is 4.79 Å². The van der Waals surface area contributed by atoms with E-state index >= 15 is 0 Å². The number of rotatable bonds is 6. The first-order chi connectivity index (χ1) is 15.1.